The molecule has 1 heterocycles. The summed E-state index contributed by atoms with van der Waals surface area (Å²) in [4.78, 5) is 22.5. The normalized spacial score (nSPS) is 10.1. The maximum absolute atomic E-state index is 11.8. The van der Waals surface area contributed by atoms with Gasteiger partial charge in [0.1, 0.15) is 5.75 Å². The molecule has 0 spiro atoms. The number of rotatable bonds is 3. The fourth-order valence-electron chi connectivity index (χ4n) is 1.41. The number of para-hydroxylation sites is 1. The molecule has 0 unspecified atom stereocenters. The number of ether oxygens (including phenoxy) is 1. The molecule has 0 aliphatic carbocycles. The molecule has 0 aliphatic rings. The van der Waals surface area contributed by atoms with E-state index in [1.165, 1.54) is 6.07 Å². The van der Waals surface area contributed by atoms with Crippen molar-refractivity contribution < 1.29 is 14.5 Å². The quantitative estimate of drug-likeness (QED) is 0.369. The summed E-state index contributed by atoms with van der Waals surface area (Å²) >= 11 is 0.961. The number of hydrogen-bond acceptors (Lipinski definition) is 5. The molecule has 2 rings (SSSR count). The molecule has 0 amide bonds. The van der Waals surface area contributed by atoms with Gasteiger partial charge in [-0.3, -0.25) is 10.1 Å². The molecule has 5 nitrogen and oxygen atoms in total. The molecule has 0 N–H and O–H groups in total. The Morgan fingerprint density at radius 1 is 1.33 bits per heavy atom. The molecule has 0 saturated heterocycles. The highest BCUT2D eigenvalue weighted by molar-refractivity contribution is 7.15. The number of carbonyl (C=O) groups excluding carboxylic acids is 1. The summed E-state index contributed by atoms with van der Waals surface area (Å²) in [6, 6.07) is 9.82. The monoisotopic (exact) mass is 263 g/mol. The number of hydrogen-bond donors (Lipinski definition) is 0. The first-order valence-electron chi connectivity index (χ1n) is 5.10. The van der Waals surface area contributed by atoms with Crippen molar-refractivity contribution in [3.63, 3.8) is 0 Å². The highest BCUT2D eigenvalue weighted by atomic mass is 32.1. The molecule has 0 radical (unpaired) electrons. The number of esters is 1. The largest absolute Gasteiger partial charge is 0.423 e. The lowest BCUT2D eigenvalue weighted by molar-refractivity contribution is -0.380. The molecular weight excluding hydrogens is 254 g/mol. The average Bonchev–Trinajstić information content (AvgIpc) is 2.73. The van der Waals surface area contributed by atoms with Gasteiger partial charge in [0.2, 0.25) is 0 Å². The Morgan fingerprint density at radius 3 is 2.56 bits per heavy atom. The van der Waals surface area contributed by atoms with Crippen molar-refractivity contribution in [3.05, 3.63) is 57.0 Å². The minimum absolute atomic E-state index is 0.0625. The van der Waals surface area contributed by atoms with Gasteiger partial charge in [0, 0.05) is 10.9 Å². The van der Waals surface area contributed by atoms with Gasteiger partial charge in [-0.25, -0.2) is 4.79 Å². The van der Waals surface area contributed by atoms with E-state index in [1.54, 1.807) is 37.3 Å². The van der Waals surface area contributed by atoms with Crippen molar-refractivity contribution in [1.82, 2.24) is 0 Å². The van der Waals surface area contributed by atoms with E-state index in [4.69, 9.17) is 4.74 Å². The van der Waals surface area contributed by atoms with Crippen molar-refractivity contribution in [2.45, 2.75) is 6.92 Å². The van der Waals surface area contributed by atoms with Gasteiger partial charge in [-0.2, -0.15) is 0 Å². The van der Waals surface area contributed by atoms with E-state index in [2.05, 4.69) is 0 Å². The Balaban J connectivity index is 2.22. The first-order chi connectivity index (χ1) is 8.58. The number of benzene rings is 1. The van der Waals surface area contributed by atoms with Crippen molar-refractivity contribution in [2.75, 3.05) is 0 Å². The first-order valence-corrected chi connectivity index (χ1v) is 5.91. The van der Waals surface area contributed by atoms with Gasteiger partial charge >= 0.3 is 11.0 Å². The van der Waals surface area contributed by atoms with Crippen LogP contribution in [0.1, 0.15) is 15.2 Å². The van der Waals surface area contributed by atoms with E-state index in [0.717, 1.165) is 11.3 Å². The number of nitrogens with zero attached hydrogens (tertiary/aromatic N) is 1. The van der Waals surface area contributed by atoms with E-state index in [-0.39, 0.29) is 10.6 Å². The van der Waals surface area contributed by atoms with Gasteiger partial charge in [-0.05, 0) is 19.1 Å². The fourth-order valence-corrected chi connectivity index (χ4v) is 2.23. The molecular formula is C12H9NO4S. The van der Waals surface area contributed by atoms with Crippen LogP contribution in [0.25, 0.3) is 0 Å². The number of nitro groups is 1. The predicted molar refractivity (Wildman–Crippen MR) is 67.1 cm³/mol. The lowest BCUT2D eigenvalue weighted by atomic mass is 10.2. The topological polar surface area (TPSA) is 69.4 Å². The van der Waals surface area contributed by atoms with Crippen LogP contribution in [0.15, 0.2) is 36.4 Å². The lowest BCUT2D eigenvalue weighted by Crippen LogP contribution is -2.08. The Morgan fingerprint density at radius 2 is 2.00 bits per heavy atom. The van der Waals surface area contributed by atoms with Crippen LogP contribution in [0.3, 0.4) is 0 Å². The van der Waals surface area contributed by atoms with E-state index in [1.807, 2.05) is 0 Å². The van der Waals surface area contributed by atoms with Gasteiger partial charge in [0.15, 0.2) is 0 Å². The summed E-state index contributed by atoms with van der Waals surface area (Å²) < 4.78 is 5.12. The predicted octanol–water partition coefficient (Wildman–Crippen LogP) is 3.18. The van der Waals surface area contributed by atoms with Crippen LogP contribution >= 0.6 is 11.3 Å². The zero-order valence-electron chi connectivity index (χ0n) is 9.45. The Bertz CT molecular complexity index is 591. The minimum atomic E-state index is -0.581. The molecule has 0 bridgehead atoms. The second kappa shape index (κ2) is 4.97. The second-order valence-corrected chi connectivity index (χ2v) is 4.75. The van der Waals surface area contributed by atoms with Crippen LogP contribution in [-0.2, 0) is 0 Å². The van der Waals surface area contributed by atoms with E-state index < -0.39 is 10.9 Å². The molecule has 0 atom stereocenters. The number of aryl methyl sites for hydroxylation is 1. The first kappa shape index (κ1) is 12.3. The van der Waals surface area contributed by atoms with Gasteiger partial charge in [0.25, 0.3) is 0 Å². The van der Waals surface area contributed by atoms with Gasteiger partial charge in [0.05, 0.1) is 10.5 Å². The highest BCUT2D eigenvalue weighted by Crippen LogP contribution is 2.28. The molecule has 0 fully saturated rings. The van der Waals surface area contributed by atoms with Crippen molar-refractivity contribution in [3.8, 4) is 5.75 Å². The summed E-state index contributed by atoms with van der Waals surface area (Å²) in [6.07, 6.45) is 0. The maximum atomic E-state index is 11.8. The van der Waals surface area contributed by atoms with Gasteiger partial charge < -0.3 is 4.74 Å². The van der Waals surface area contributed by atoms with E-state index in [0.29, 0.717) is 10.6 Å². The lowest BCUT2D eigenvalue weighted by Gasteiger charge is -2.02. The zero-order chi connectivity index (χ0) is 13.1. The summed E-state index contributed by atoms with van der Waals surface area (Å²) in [5, 5.41) is 10.5. The van der Waals surface area contributed by atoms with Gasteiger partial charge in [-0.1, -0.05) is 29.5 Å². The molecule has 0 saturated carbocycles. The molecule has 6 heteroatoms. The third-order valence-electron chi connectivity index (χ3n) is 2.26. The number of thiophene rings is 1. The Hall–Kier alpha value is -2.21. The van der Waals surface area contributed by atoms with Crippen molar-refractivity contribution in [1.29, 1.82) is 0 Å². The minimum Gasteiger partial charge on any atom is -0.423 e. The molecule has 1 aromatic heterocycles. The fraction of sp³-hybridized carbons (Fsp3) is 0.0833. The van der Waals surface area contributed by atoms with E-state index in [9.17, 15) is 14.9 Å². The number of carbonyl (C=O) groups is 1. The van der Waals surface area contributed by atoms with Crippen LogP contribution in [0, 0.1) is 17.0 Å². The molecule has 1 aromatic carbocycles. The highest BCUT2D eigenvalue weighted by Gasteiger charge is 2.20. The maximum Gasteiger partial charge on any atom is 0.344 e. The molecule has 0 aliphatic heterocycles. The molecule has 92 valence electrons. The van der Waals surface area contributed by atoms with Crippen LogP contribution in [0.5, 0.6) is 5.75 Å². The summed E-state index contributed by atoms with van der Waals surface area (Å²) in [5.41, 5.74) is 0.232. The van der Waals surface area contributed by atoms with Crippen molar-refractivity contribution in [2.24, 2.45) is 0 Å². The molecule has 18 heavy (non-hydrogen) atoms. The summed E-state index contributed by atoms with van der Waals surface area (Å²) in [7, 11) is 0. The smallest absolute Gasteiger partial charge is 0.344 e. The van der Waals surface area contributed by atoms with Crippen LogP contribution in [-0.4, -0.2) is 10.9 Å². The second-order valence-electron chi connectivity index (χ2n) is 3.51. The summed E-state index contributed by atoms with van der Waals surface area (Å²) in [5.74, 6) is -0.168. The Kier molecular flexibility index (Phi) is 3.38. The van der Waals surface area contributed by atoms with Crippen LogP contribution in [0.2, 0.25) is 0 Å². The van der Waals surface area contributed by atoms with Crippen LogP contribution in [0.4, 0.5) is 5.00 Å². The van der Waals surface area contributed by atoms with Gasteiger partial charge in [-0.15, -0.1) is 0 Å². The third kappa shape index (κ3) is 2.54. The molecule has 2 aromatic rings. The Labute approximate surface area is 107 Å². The van der Waals surface area contributed by atoms with E-state index >= 15 is 0 Å². The van der Waals surface area contributed by atoms with Crippen LogP contribution < -0.4 is 4.74 Å². The summed E-state index contributed by atoms with van der Waals surface area (Å²) in [6.45, 7) is 1.65. The average molecular weight is 263 g/mol. The standard InChI is InChI=1S/C12H9NO4S/c1-8-10(7-11(18-8)13(15)16)12(14)17-9-5-3-2-4-6-9/h2-7H,1H3. The zero-order valence-corrected chi connectivity index (χ0v) is 10.3. The SMILES string of the molecule is Cc1sc([N+](=O)[O-])cc1C(=O)Oc1ccccc1. The third-order valence-corrected chi connectivity index (χ3v) is 3.26. The van der Waals surface area contributed by atoms with Crippen molar-refractivity contribution >= 4 is 22.3 Å².